The molecule has 0 aromatic heterocycles. The monoisotopic (exact) mass is 160 g/mol. The van der Waals surface area contributed by atoms with Crippen molar-refractivity contribution >= 4 is 5.78 Å². The number of rotatable bonds is 6. The molecule has 0 saturated heterocycles. The molecule has 0 N–H and O–H groups in total. The van der Waals surface area contributed by atoms with Crippen LogP contribution in [0.15, 0.2) is 0 Å². The molecule has 0 aromatic carbocycles. The van der Waals surface area contributed by atoms with E-state index in [2.05, 4.69) is 18.7 Å². The molecule has 0 aromatic rings. The molecule has 2 heteroatoms. The highest BCUT2D eigenvalue weighted by molar-refractivity contribution is 5.77. The van der Waals surface area contributed by atoms with Crippen molar-refractivity contribution in [2.24, 2.45) is 0 Å². The maximum Gasteiger partial charge on any atom is 0.143 e. The molecule has 0 heterocycles. The van der Waals surface area contributed by atoms with Crippen LogP contribution in [0.1, 0.15) is 33.6 Å². The molecular formula is C9H19NO. The molecular weight excluding hydrogens is 141 g/mol. The topological polar surface area (TPSA) is 20.3 Å². The molecule has 0 aliphatic heterocycles. The maximum atomic E-state index is 10.8. The smallest absolute Gasteiger partial charge is 0.143 e. The zero-order valence-corrected chi connectivity index (χ0v) is 7.89. The lowest BCUT2D eigenvalue weighted by Gasteiger charge is -2.18. The average molecular weight is 160 g/mol. The van der Waals surface area contributed by atoms with Crippen molar-refractivity contribution in [1.82, 2.24) is 4.90 Å². The fourth-order valence-corrected chi connectivity index (χ4v) is 1.22. The Morgan fingerprint density at radius 2 is 1.64 bits per heavy atom. The highest BCUT2D eigenvalue weighted by Crippen LogP contribution is 1.93. The van der Waals surface area contributed by atoms with E-state index in [1.165, 1.54) is 0 Å². The van der Waals surface area contributed by atoms with Gasteiger partial charge < -0.3 is 0 Å². The van der Waals surface area contributed by atoms with E-state index in [0.717, 1.165) is 25.9 Å². The Labute approximate surface area is 69.6 Å². The Morgan fingerprint density at radius 1 is 1.18 bits per heavy atom. The summed E-state index contributed by atoms with van der Waals surface area (Å²) in [6.07, 6.45) is 2.26. The van der Waals surface area contributed by atoms with E-state index in [9.17, 15) is 4.79 Å². The van der Waals surface area contributed by atoms with Crippen LogP contribution in [0.4, 0.5) is 0 Å². The molecule has 0 amide bonds. The lowest BCUT2D eigenvalue weighted by Crippen LogP contribution is -2.30. The van der Waals surface area contributed by atoms with Crippen LogP contribution >= 0.6 is 0 Å². The highest BCUT2D eigenvalue weighted by Gasteiger charge is 2.03. The van der Waals surface area contributed by atoms with Crippen molar-refractivity contribution < 1.29 is 4.79 Å². The molecule has 0 bridgehead atoms. The van der Waals surface area contributed by atoms with Crippen LogP contribution in [-0.4, -0.2) is 30.3 Å². The quantitative estimate of drug-likeness (QED) is 0.435. The van der Waals surface area contributed by atoms with E-state index in [1.807, 2.05) is 0 Å². The van der Waals surface area contributed by atoms with Crippen LogP contribution < -0.4 is 0 Å². The first-order chi connectivity index (χ1) is 5.20. The Bertz CT molecular complexity index is 106. The van der Waals surface area contributed by atoms with Crippen LogP contribution in [0, 0.1) is 0 Å². The van der Waals surface area contributed by atoms with Gasteiger partial charge >= 0.3 is 0 Å². The van der Waals surface area contributed by atoms with E-state index in [1.54, 1.807) is 6.92 Å². The van der Waals surface area contributed by atoms with Gasteiger partial charge in [0.2, 0.25) is 0 Å². The zero-order chi connectivity index (χ0) is 8.69. The van der Waals surface area contributed by atoms with Gasteiger partial charge in [-0.2, -0.15) is 0 Å². The summed E-state index contributed by atoms with van der Waals surface area (Å²) in [6, 6.07) is 0. The molecule has 66 valence electrons. The van der Waals surface area contributed by atoms with E-state index in [0.29, 0.717) is 6.54 Å². The number of ketones is 1. The summed E-state index contributed by atoms with van der Waals surface area (Å²) in [6.45, 7) is 8.66. The normalized spacial score (nSPS) is 10.5. The molecule has 0 saturated carbocycles. The standard InChI is InChI=1S/C9H19NO/c1-4-6-10(7-5-2)8-9(3)11/h4-8H2,1-3H3/i9+1,11+2. The van der Waals surface area contributed by atoms with Gasteiger partial charge in [0, 0.05) is 0 Å². The van der Waals surface area contributed by atoms with Crippen LogP contribution in [0.2, 0.25) is 0 Å². The van der Waals surface area contributed by atoms with Gasteiger partial charge in [-0.05, 0) is 32.9 Å². The third kappa shape index (κ3) is 6.05. The Morgan fingerprint density at radius 3 is 1.91 bits per heavy atom. The first-order valence-corrected chi connectivity index (χ1v) is 4.42. The second kappa shape index (κ2) is 6.35. The van der Waals surface area contributed by atoms with Crippen molar-refractivity contribution in [2.75, 3.05) is 19.6 Å². The van der Waals surface area contributed by atoms with Crippen molar-refractivity contribution in [2.45, 2.75) is 33.6 Å². The number of hydrogen-bond donors (Lipinski definition) is 0. The third-order valence-electron chi connectivity index (χ3n) is 1.53. The van der Waals surface area contributed by atoms with Crippen LogP contribution in [0.25, 0.3) is 0 Å². The number of carbonyl (C=O) groups excluding carboxylic acids is 1. The summed E-state index contributed by atoms with van der Waals surface area (Å²) < 4.78 is 0. The Balaban J connectivity index is 3.59. The Hall–Kier alpha value is -0.370. The van der Waals surface area contributed by atoms with Gasteiger partial charge in [-0.1, -0.05) is 13.8 Å². The van der Waals surface area contributed by atoms with E-state index in [4.69, 9.17) is 0 Å². The molecule has 0 radical (unpaired) electrons. The van der Waals surface area contributed by atoms with Crippen LogP contribution in [-0.2, 0) is 4.79 Å². The number of nitrogens with zero attached hydrogens (tertiary/aromatic N) is 1. The maximum absolute atomic E-state index is 10.8. The summed E-state index contributed by atoms with van der Waals surface area (Å²) in [5.74, 6) is 0.270. The van der Waals surface area contributed by atoms with Crippen molar-refractivity contribution in [1.29, 1.82) is 0 Å². The predicted molar refractivity (Wildman–Crippen MR) is 47.7 cm³/mol. The molecule has 0 aliphatic rings. The van der Waals surface area contributed by atoms with Crippen LogP contribution in [0.5, 0.6) is 0 Å². The molecule has 0 spiro atoms. The molecule has 0 unspecified atom stereocenters. The van der Waals surface area contributed by atoms with Crippen molar-refractivity contribution in [3.63, 3.8) is 0 Å². The van der Waals surface area contributed by atoms with Gasteiger partial charge in [-0.15, -0.1) is 0 Å². The third-order valence-corrected chi connectivity index (χ3v) is 1.53. The van der Waals surface area contributed by atoms with Gasteiger partial charge in [0.1, 0.15) is 5.78 Å². The minimum absolute atomic E-state index is 0.270. The summed E-state index contributed by atoms with van der Waals surface area (Å²) in [4.78, 5) is 13.0. The summed E-state index contributed by atoms with van der Waals surface area (Å²) in [5.41, 5.74) is 0. The van der Waals surface area contributed by atoms with Crippen LogP contribution in [0.3, 0.4) is 0 Å². The fourth-order valence-electron chi connectivity index (χ4n) is 1.22. The van der Waals surface area contributed by atoms with E-state index < -0.39 is 0 Å². The molecule has 0 fully saturated rings. The van der Waals surface area contributed by atoms with E-state index >= 15 is 0 Å². The number of carbonyl (C=O) groups is 1. The summed E-state index contributed by atoms with van der Waals surface area (Å²) in [7, 11) is 0. The summed E-state index contributed by atoms with van der Waals surface area (Å²) in [5, 5.41) is 0. The van der Waals surface area contributed by atoms with Gasteiger partial charge in [0.05, 0.1) is 6.54 Å². The number of hydrogen-bond acceptors (Lipinski definition) is 2. The first-order valence-electron chi connectivity index (χ1n) is 4.42. The van der Waals surface area contributed by atoms with Crippen molar-refractivity contribution in [3.8, 4) is 0 Å². The van der Waals surface area contributed by atoms with Gasteiger partial charge in [0.15, 0.2) is 0 Å². The van der Waals surface area contributed by atoms with Gasteiger partial charge in [-0.3, -0.25) is 9.69 Å². The second-order valence-electron chi connectivity index (χ2n) is 2.98. The molecule has 0 atom stereocenters. The minimum atomic E-state index is 0.270. The summed E-state index contributed by atoms with van der Waals surface area (Å²) >= 11 is 0. The van der Waals surface area contributed by atoms with Crippen molar-refractivity contribution in [3.05, 3.63) is 0 Å². The SMILES string of the molecule is CCCN(CCC)C[13C](C)=[18O]. The fraction of sp³-hybridized carbons (Fsp3) is 0.889. The van der Waals surface area contributed by atoms with E-state index in [-0.39, 0.29) is 5.78 Å². The largest absolute Gasteiger partial charge is 0.299 e. The zero-order valence-electron chi connectivity index (χ0n) is 7.89. The van der Waals surface area contributed by atoms with Gasteiger partial charge in [0.25, 0.3) is 0 Å². The molecule has 0 aliphatic carbocycles. The predicted octanol–water partition coefficient (Wildman–Crippen LogP) is 1.70. The molecule has 11 heavy (non-hydrogen) atoms. The molecule has 2 nitrogen and oxygen atoms in total. The lowest BCUT2D eigenvalue weighted by atomic mass is 10.4. The minimum Gasteiger partial charge on any atom is -0.299 e. The molecule has 0 rings (SSSR count). The Kier molecular flexibility index (Phi) is 6.13. The highest BCUT2D eigenvalue weighted by atomic mass is 18.1. The number of Topliss-reactive ketones (excluding diaryl/α,β-unsaturated/α-hetero) is 1. The second-order valence-corrected chi connectivity index (χ2v) is 2.98. The first kappa shape index (κ1) is 10.6. The average Bonchev–Trinajstić information content (AvgIpc) is 1.87. The lowest BCUT2D eigenvalue weighted by molar-refractivity contribution is -0.118. The van der Waals surface area contributed by atoms with Gasteiger partial charge in [-0.25, -0.2) is 0 Å².